The zero-order valence-electron chi connectivity index (χ0n) is 15.1. The lowest BCUT2D eigenvalue weighted by Crippen LogP contribution is -2.33. The summed E-state index contributed by atoms with van der Waals surface area (Å²) in [4.78, 5) is 7.79. The van der Waals surface area contributed by atoms with Crippen LogP contribution in [0.2, 0.25) is 0 Å². The largest absolute Gasteiger partial charge is 0.296 e. The minimum absolute atomic E-state index is 0.383. The van der Waals surface area contributed by atoms with Crippen LogP contribution in [0.4, 0.5) is 0 Å². The van der Waals surface area contributed by atoms with Gasteiger partial charge in [-0.1, -0.05) is 12.1 Å². The predicted molar refractivity (Wildman–Crippen MR) is 108 cm³/mol. The van der Waals surface area contributed by atoms with Gasteiger partial charge in [-0.25, -0.2) is 4.68 Å². The maximum absolute atomic E-state index is 5.80. The number of thiophene rings is 1. The monoisotopic (exact) mass is 385 g/mol. The Labute approximate surface area is 162 Å². The van der Waals surface area contributed by atoms with Gasteiger partial charge in [-0.05, 0) is 62.0 Å². The fraction of sp³-hybridized carbons (Fsp3) is 0.421. The average Bonchev–Trinajstić information content (AvgIpc) is 3.21. The second kappa shape index (κ2) is 7.42. The molecule has 1 saturated carbocycles. The zero-order chi connectivity index (χ0) is 18.1. The van der Waals surface area contributed by atoms with Crippen LogP contribution in [-0.4, -0.2) is 30.3 Å². The molecule has 3 aromatic rings. The number of aromatic nitrogens is 4. The van der Waals surface area contributed by atoms with Crippen molar-refractivity contribution in [1.82, 2.24) is 24.2 Å². The highest BCUT2D eigenvalue weighted by molar-refractivity contribution is 7.71. The van der Waals surface area contributed by atoms with Gasteiger partial charge >= 0.3 is 0 Å². The van der Waals surface area contributed by atoms with Crippen LogP contribution in [0, 0.1) is 4.77 Å². The Morgan fingerprint density at radius 3 is 2.77 bits per heavy atom. The van der Waals surface area contributed by atoms with Gasteiger partial charge in [-0.2, -0.15) is 0 Å². The summed E-state index contributed by atoms with van der Waals surface area (Å²) < 4.78 is 5.07. The molecule has 0 saturated heterocycles. The van der Waals surface area contributed by atoms with E-state index in [1.54, 1.807) is 11.3 Å². The van der Waals surface area contributed by atoms with E-state index in [1.165, 1.54) is 23.3 Å². The molecule has 0 atom stereocenters. The van der Waals surface area contributed by atoms with E-state index in [9.17, 15) is 0 Å². The minimum Gasteiger partial charge on any atom is -0.296 e. The van der Waals surface area contributed by atoms with Gasteiger partial charge in [-0.15, -0.1) is 16.4 Å². The Kier molecular flexibility index (Phi) is 5.02. The normalized spacial score (nSPS) is 14.5. The highest BCUT2D eigenvalue weighted by atomic mass is 32.1. The van der Waals surface area contributed by atoms with Crippen LogP contribution in [0.25, 0.3) is 10.7 Å². The maximum Gasteiger partial charge on any atom is 0.199 e. The third-order valence-electron chi connectivity index (χ3n) is 4.68. The van der Waals surface area contributed by atoms with E-state index in [2.05, 4.69) is 51.9 Å². The maximum atomic E-state index is 5.80. The molecule has 26 heavy (non-hydrogen) atoms. The van der Waals surface area contributed by atoms with E-state index in [4.69, 9.17) is 17.3 Å². The first-order chi connectivity index (χ1) is 12.6. The fourth-order valence-corrected chi connectivity index (χ4v) is 4.08. The van der Waals surface area contributed by atoms with Crippen molar-refractivity contribution in [2.24, 2.45) is 0 Å². The smallest absolute Gasteiger partial charge is 0.199 e. The quantitative estimate of drug-likeness (QED) is 0.551. The lowest BCUT2D eigenvalue weighted by molar-refractivity contribution is 0.153. The second-order valence-electron chi connectivity index (χ2n) is 7.03. The highest BCUT2D eigenvalue weighted by Crippen LogP contribution is 2.39. The van der Waals surface area contributed by atoms with Crippen molar-refractivity contribution in [2.45, 2.75) is 52.0 Å². The van der Waals surface area contributed by atoms with Crippen LogP contribution in [0.15, 0.2) is 42.0 Å². The summed E-state index contributed by atoms with van der Waals surface area (Å²) in [5.41, 5.74) is 1.20. The molecule has 0 unspecified atom stereocenters. The van der Waals surface area contributed by atoms with Crippen LogP contribution < -0.4 is 0 Å². The number of pyridine rings is 1. The van der Waals surface area contributed by atoms with E-state index < -0.39 is 0 Å². The van der Waals surface area contributed by atoms with Crippen molar-refractivity contribution in [3.8, 4) is 10.7 Å². The summed E-state index contributed by atoms with van der Waals surface area (Å²) >= 11 is 7.52. The van der Waals surface area contributed by atoms with Crippen LogP contribution in [0.5, 0.6) is 0 Å². The van der Waals surface area contributed by atoms with Gasteiger partial charge in [0.25, 0.3) is 0 Å². The van der Waals surface area contributed by atoms with Crippen molar-refractivity contribution in [3.63, 3.8) is 0 Å². The van der Waals surface area contributed by atoms with Crippen LogP contribution in [0.3, 0.4) is 0 Å². The van der Waals surface area contributed by atoms with E-state index in [0.29, 0.717) is 18.8 Å². The minimum atomic E-state index is 0.383. The van der Waals surface area contributed by atoms with E-state index in [1.807, 2.05) is 23.1 Å². The Morgan fingerprint density at radius 2 is 2.15 bits per heavy atom. The van der Waals surface area contributed by atoms with Crippen molar-refractivity contribution >= 4 is 23.6 Å². The number of hydrogen-bond acceptors (Lipinski definition) is 5. The summed E-state index contributed by atoms with van der Waals surface area (Å²) in [6.45, 7) is 5.93. The molecule has 0 bridgehead atoms. The summed E-state index contributed by atoms with van der Waals surface area (Å²) in [6, 6.07) is 9.19. The van der Waals surface area contributed by atoms with Crippen molar-refractivity contribution in [3.05, 3.63) is 52.4 Å². The third-order valence-corrected chi connectivity index (χ3v) is 5.95. The Morgan fingerprint density at radius 1 is 1.31 bits per heavy atom. The molecule has 1 fully saturated rings. The highest BCUT2D eigenvalue weighted by Gasteiger charge is 2.29. The zero-order valence-corrected chi connectivity index (χ0v) is 16.7. The molecule has 136 valence electrons. The van der Waals surface area contributed by atoms with Crippen LogP contribution in [0.1, 0.15) is 38.3 Å². The molecule has 0 aliphatic heterocycles. The predicted octanol–water partition coefficient (Wildman–Crippen LogP) is 4.74. The van der Waals surface area contributed by atoms with Crippen molar-refractivity contribution in [2.75, 3.05) is 0 Å². The van der Waals surface area contributed by atoms with Crippen LogP contribution >= 0.6 is 23.6 Å². The van der Waals surface area contributed by atoms with Gasteiger partial charge in [0.1, 0.15) is 0 Å². The molecule has 4 rings (SSSR count). The van der Waals surface area contributed by atoms with E-state index >= 15 is 0 Å². The van der Waals surface area contributed by atoms with E-state index in [0.717, 1.165) is 17.1 Å². The Balaban J connectivity index is 1.64. The summed E-state index contributed by atoms with van der Waals surface area (Å²) in [5.74, 6) is 1.01. The SMILES string of the molecule is CC(C)N(Cc1cccnc1)Cn1nc(-c2cccs2)n(C2CC2)c1=S. The first-order valence-electron chi connectivity index (χ1n) is 8.99. The molecular formula is C19H23N5S2. The number of hydrogen-bond donors (Lipinski definition) is 0. The van der Waals surface area contributed by atoms with Crippen LogP contribution in [-0.2, 0) is 13.2 Å². The first kappa shape index (κ1) is 17.6. The molecule has 3 heterocycles. The molecule has 0 spiro atoms. The molecule has 0 N–H and O–H groups in total. The Bertz CT molecular complexity index is 907. The molecule has 7 heteroatoms. The van der Waals surface area contributed by atoms with E-state index in [-0.39, 0.29) is 0 Å². The standard InChI is InChI=1S/C19H23N5S2/c1-14(2)22(12-15-5-3-9-20-11-15)13-23-19(25)24(16-7-8-16)18(21-23)17-6-4-10-26-17/h3-6,9-11,14,16H,7-8,12-13H2,1-2H3. The van der Waals surface area contributed by atoms with Gasteiger partial charge < -0.3 is 0 Å². The fourth-order valence-electron chi connectivity index (χ4n) is 3.04. The van der Waals surface area contributed by atoms with Gasteiger partial charge in [0.15, 0.2) is 10.6 Å². The lowest BCUT2D eigenvalue weighted by atomic mass is 10.2. The third kappa shape index (κ3) is 3.65. The van der Waals surface area contributed by atoms with Crippen molar-refractivity contribution in [1.29, 1.82) is 0 Å². The van der Waals surface area contributed by atoms with Crippen molar-refractivity contribution < 1.29 is 0 Å². The summed E-state index contributed by atoms with van der Waals surface area (Å²) in [7, 11) is 0. The molecule has 0 aromatic carbocycles. The van der Waals surface area contributed by atoms with Gasteiger partial charge in [-0.3, -0.25) is 14.5 Å². The molecule has 0 amide bonds. The molecule has 1 aliphatic rings. The topological polar surface area (TPSA) is 38.9 Å². The average molecular weight is 386 g/mol. The molecule has 1 aliphatic carbocycles. The van der Waals surface area contributed by atoms with Gasteiger partial charge in [0.2, 0.25) is 0 Å². The first-order valence-corrected chi connectivity index (χ1v) is 10.3. The molecule has 0 radical (unpaired) electrons. The molecular weight excluding hydrogens is 362 g/mol. The molecule has 3 aromatic heterocycles. The second-order valence-corrected chi connectivity index (χ2v) is 8.34. The summed E-state index contributed by atoms with van der Waals surface area (Å²) in [5, 5.41) is 7.00. The van der Waals surface area contributed by atoms with Gasteiger partial charge in [0.05, 0.1) is 11.5 Å². The van der Waals surface area contributed by atoms with Gasteiger partial charge in [0, 0.05) is 31.0 Å². The number of rotatable bonds is 7. The molecule has 5 nitrogen and oxygen atoms in total. The summed E-state index contributed by atoms with van der Waals surface area (Å²) in [6.07, 6.45) is 6.13. The lowest BCUT2D eigenvalue weighted by Gasteiger charge is -2.26. The number of nitrogens with zero attached hydrogens (tertiary/aromatic N) is 5. The Hall–Kier alpha value is -1.83.